The van der Waals surface area contributed by atoms with Crippen molar-refractivity contribution in [2.24, 2.45) is 0 Å². The summed E-state index contributed by atoms with van der Waals surface area (Å²) in [5.74, 6) is -1.65. The van der Waals surface area contributed by atoms with Crippen LogP contribution in [-0.2, 0) is 4.79 Å². The van der Waals surface area contributed by atoms with Crippen LogP contribution < -0.4 is 10.6 Å². The number of anilines is 1. The Hall–Kier alpha value is -2.64. The largest absolute Gasteiger partial charge is 0.480 e. The van der Waals surface area contributed by atoms with Crippen LogP contribution in [0, 0.1) is 10.1 Å². The first-order valence-electron chi connectivity index (χ1n) is 8.52. The molecule has 0 heterocycles. The lowest BCUT2D eigenvalue weighted by molar-refractivity contribution is -0.384. The first-order valence-corrected chi connectivity index (χ1v) is 8.52. The van der Waals surface area contributed by atoms with Crippen LogP contribution >= 0.6 is 0 Å². The minimum Gasteiger partial charge on any atom is -0.480 e. The third-order valence-corrected chi connectivity index (χ3v) is 4.86. The van der Waals surface area contributed by atoms with Gasteiger partial charge in [-0.25, -0.2) is 4.79 Å². The summed E-state index contributed by atoms with van der Waals surface area (Å²) in [6.45, 7) is 0. The Balaban J connectivity index is 1.82. The van der Waals surface area contributed by atoms with Crippen LogP contribution in [-0.4, -0.2) is 33.5 Å². The zero-order valence-electron chi connectivity index (χ0n) is 13.8. The second-order valence-electron chi connectivity index (χ2n) is 6.81. The number of hydrogen-bond acceptors (Lipinski definition) is 5. The van der Waals surface area contributed by atoms with Crippen molar-refractivity contribution in [3.05, 3.63) is 33.9 Å². The maximum atomic E-state index is 12.5. The molecule has 2 aliphatic rings. The number of carboxylic acid groups (broad SMARTS) is 1. The van der Waals surface area contributed by atoms with Crippen LogP contribution in [0.15, 0.2) is 18.2 Å². The van der Waals surface area contributed by atoms with Gasteiger partial charge in [-0.1, -0.05) is 19.3 Å². The molecule has 8 heteroatoms. The third-order valence-electron chi connectivity index (χ3n) is 4.86. The van der Waals surface area contributed by atoms with E-state index in [2.05, 4.69) is 10.6 Å². The molecule has 0 atom stereocenters. The van der Waals surface area contributed by atoms with Gasteiger partial charge in [0.25, 0.3) is 11.6 Å². The molecule has 1 aromatic rings. The highest BCUT2D eigenvalue weighted by Gasteiger charge is 2.41. The molecule has 25 heavy (non-hydrogen) atoms. The van der Waals surface area contributed by atoms with Crippen molar-refractivity contribution >= 4 is 23.3 Å². The molecule has 0 saturated heterocycles. The molecule has 0 spiro atoms. The topological polar surface area (TPSA) is 122 Å². The fraction of sp³-hybridized carbons (Fsp3) is 0.529. The zero-order valence-corrected chi connectivity index (χ0v) is 13.8. The van der Waals surface area contributed by atoms with Gasteiger partial charge in [0.1, 0.15) is 11.2 Å². The van der Waals surface area contributed by atoms with Gasteiger partial charge in [0.2, 0.25) is 0 Å². The molecule has 0 aromatic heterocycles. The van der Waals surface area contributed by atoms with E-state index in [-0.39, 0.29) is 17.3 Å². The average molecular weight is 347 g/mol. The number of rotatable bonds is 6. The Morgan fingerprint density at radius 2 is 1.88 bits per heavy atom. The van der Waals surface area contributed by atoms with E-state index in [1.807, 2.05) is 0 Å². The van der Waals surface area contributed by atoms with Crippen LogP contribution in [0.1, 0.15) is 55.3 Å². The molecular weight excluding hydrogens is 326 g/mol. The molecule has 0 aliphatic heterocycles. The molecule has 0 bridgehead atoms. The van der Waals surface area contributed by atoms with E-state index < -0.39 is 22.3 Å². The Bertz CT molecular complexity index is 708. The maximum absolute atomic E-state index is 12.5. The average Bonchev–Trinajstić information content (AvgIpc) is 3.39. The van der Waals surface area contributed by atoms with Crippen molar-refractivity contribution in [1.29, 1.82) is 0 Å². The van der Waals surface area contributed by atoms with Crippen molar-refractivity contribution in [2.75, 3.05) is 5.32 Å². The predicted octanol–water partition coefficient (Wildman–Crippen LogP) is 2.69. The highest BCUT2D eigenvalue weighted by atomic mass is 16.6. The summed E-state index contributed by atoms with van der Waals surface area (Å²) in [7, 11) is 0. The second kappa shape index (κ2) is 6.70. The van der Waals surface area contributed by atoms with Crippen molar-refractivity contribution in [1.82, 2.24) is 5.32 Å². The molecule has 3 N–H and O–H groups in total. The number of nitro benzene ring substituents is 1. The molecule has 1 amide bonds. The van der Waals surface area contributed by atoms with Crippen molar-refractivity contribution < 1.29 is 19.6 Å². The quantitative estimate of drug-likeness (QED) is 0.537. The van der Waals surface area contributed by atoms with Crippen LogP contribution in [0.4, 0.5) is 11.4 Å². The van der Waals surface area contributed by atoms with E-state index in [0.29, 0.717) is 18.5 Å². The van der Waals surface area contributed by atoms with E-state index in [9.17, 15) is 24.8 Å². The first kappa shape index (κ1) is 17.2. The van der Waals surface area contributed by atoms with E-state index in [1.165, 1.54) is 18.2 Å². The molecule has 8 nitrogen and oxygen atoms in total. The summed E-state index contributed by atoms with van der Waals surface area (Å²) in [4.78, 5) is 35.0. The normalized spacial score (nSPS) is 19.0. The first-order chi connectivity index (χ1) is 11.9. The molecule has 2 aliphatic carbocycles. The SMILES string of the molecule is O=C(NC1(C(=O)O)CCCCC1)c1ccc(NC2CC2)c([N+](=O)[O-])c1. The molecule has 2 fully saturated rings. The lowest BCUT2D eigenvalue weighted by Gasteiger charge is -2.34. The lowest BCUT2D eigenvalue weighted by Crippen LogP contribution is -2.55. The number of hydrogen-bond donors (Lipinski definition) is 3. The van der Waals surface area contributed by atoms with Gasteiger partial charge in [0, 0.05) is 17.7 Å². The highest BCUT2D eigenvalue weighted by Crippen LogP contribution is 2.32. The summed E-state index contributed by atoms with van der Waals surface area (Å²) in [6.07, 6.45) is 5.10. The number of amides is 1. The van der Waals surface area contributed by atoms with E-state index in [1.54, 1.807) is 0 Å². The number of carboxylic acids is 1. The fourth-order valence-corrected chi connectivity index (χ4v) is 3.23. The molecule has 0 radical (unpaired) electrons. The number of nitro groups is 1. The second-order valence-corrected chi connectivity index (χ2v) is 6.81. The lowest BCUT2D eigenvalue weighted by atomic mass is 9.81. The standard InChI is InChI=1S/C17H21N3O5/c21-15(19-17(16(22)23)8-2-1-3-9-17)11-4-7-13(18-12-5-6-12)14(10-11)20(24)25/h4,7,10,12,18H,1-3,5-6,8-9H2,(H,19,21)(H,22,23). The summed E-state index contributed by atoms with van der Waals surface area (Å²) in [6, 6.07) is 4.46. The van der Waals surface area contributed by atoms with Crippen LogP contribution in [0.2, 0.25) is 0 Å². The number of nitrogens with zero attached hydrogens (tertiary/aromatic N) is 1. The van der Waals surface area contributed by atoms with Crippen LogP contribution in [0.5, 0.6) is 0 Å². The Kier molecular flexibility index (Phi) is 4.61. The summed E-state index contributed by atoms with van der Waals surface area (Å²) < 4.78 is 0. The van der Waals surface area contributed by atoms with Gasteiger partial charge in [-0.2, -0.15) is 0 Å². The van der Waals surface area contributed by atoms with Gasteiger partial charge in [-0.05, 0) is 37.8 Å². The fourth-order valence-electron chi connectivity index (χ4n) is 3.23. The molecule has 0 unspecified atom stereocenters. The van der Waals surface area contributed by atoms with E-state index >= 15 is 0 Å². The number of aliphatic carboxylic acids is 1. The number of carbonyl (C=O) groups is 2. The van der Waals surface area contributed by atoms with Crippen molar-refractivity contribution in [3.8, 4) is 0 Å². The summed E-state index contributed by atoms with van der Waals surface area (Å²) in [5.41, 5.74) is -0.976. The smallest absolute Gasteiger partial charge is 0.329 e. The molecule has 1 aromatic carbocycles. The van der Waals surface area contributed by atoms with Gasteiger partial charge in [0.15, 0.2) is 0 Å². The zero-order chi connectivity index (χ0) is 18.0. The van der Waals surface area contributed by atoms with Crippen molar-refractivity contribution in [2.45, 2.75) is 56.5 Å². The Morgan fingerprint density at radius 1 is 1.20 bits per heavy atom. The van der Waals surface area contributed by atoms with E-state index in [4.69, 9.17) is 0 Å². The Labute approximate surface area is 144 Å². The molecule has 3 rings (SSSR count). The highest BCUT2D eigenvalue weighted by molar-refractivity contribution is 5.99. The minimum absolute atomic E-state index is 0.0965. The van der Waals surface area contributed by atoms with Gasteiger partial charge in [-0.3, -0.25) is 14.9 Å². The number of carbonyl (C=O) groups excluding carboxylic acids is 1. The number of nitrogens with one attached hydrogen (secondary N) is 2. The third kappa shape index (κ3) is 3.72. The van der Waals surface area contributed by atoms with Gasteiger partial charge in [-0.15, -0.1) is 0 Å². The summed E-state index contributed by atoms with van der Waals surface area (Å²) >= 11 is 0. The summed E-state index contributed by atoms with van der Waals surface area (Å²) in [5, 5.41) is 26.5. The Morgan fingerprint density at radius 3 is 2.44 bits per heavy atom. The van der Waals surface area contributed by atoms with Gasteiger partial charge in [0.05, 0.1) is 4.92 Å². The van der Waals surface area contributed by atoms with Gasteiger partial charge >= 0.3 is 5.97 Å². The number of benzene rings is 1. The molecular formula is C17H21N3O5. The molecule has 134 valence electrons. The van der Waals surface area contributed by atoms with Crippen molar-refractivity contribution in [3.63, 3.8) is 0 Å². The van der Waals surface area contributed by atoms with Crippen LogP contribution in [0.25, 0.3) is 0 Å². The predicted molar refractivity (Wildman–Crippen MR) is 90.7 cm³/mol. The molecule has 2 saturated carbocycles. The maximum Gasteiger partial charge on any atom is 0.329 e. The van der Waals surface area contributed by atoms with Gasteiger partial charge < -0.3 is 15.7 Å². The minimum atomic E-state index is -1.28. The van der Waals surface area contributed by atoms with Crippen LogP contribution in [0.3, 0.4) is 0 Å². The monoisotopic (exact) mass is 347 g/mol. The van der Waals surface area contributed by atoms with E-state index in [0.717, 1.165) is 32.1 Å².